The van der Waals surface area contributed by atoms with E-state index in [4.69, 9.17) is 11.6 Å². The highest BCUT2D eigenvalue weighted by Crippen LogP contribution is 2.27. The molecular weight excluding hydrogens is 274 g/mol. The minimum absolute atomic E-state index is 0.0843. The number of hydrogen-bond donors (Lipinski definition) is 1. The predicted octanol–water partition coefficient (Wildman–Crippen LogP) is 3.69. The zero-order chi connectivity index (χ0) is 14.5. The summed E-state index contributed by atoms with van der Waals surface area (Å²) in [6, 6.07) is 0.296. The van der Waals surface area contributed by atoms with Gasteiger partial charge in [0.25, 0.3) is 5.56 Å². The fraction of sp³-hybridized carbons (Fsp3) is 0.733. The second kappa shape index (κ2) is 7.11. The van der Waals surface area contributed by atoms with Crippen molar-refractivity contribution in [3.05, 3.63) is 21.6 Å². The summed E-state index contributed by atoms with van der Waals surface area (Å²) in [7, 11) is 0. The Morgan fingerprint density at radius 2 is 2.25 bits per heavy atom. The Morgan fingerprint density at radius 1 is 1.50 bits per heavy atom. The summed E-state index contributed by atoms with van der Waals surface area (Å²) in [6.45, 7) is 4.98. The van der Waals surface area contributed by atoms with Crippen LogP contribution in [0.3, 0.4) is 0 Å². The van der Waals surface area contributed by atoms with Gasteiger partial charge in [-0.25, -0.2) is 4.68 Å². The Morgan fingerprint density at radius 3 is 2.80 bits per heavy atom. The second-order valence-electron chi connectivity index (χ2n) is 5.69. The molecule has 1 N–H and O–H groups in total. The maximum atomic E-state index is 12.5. The first-order valence-corrected chi connectivity index (χ1v) is 8.05. The maximum Gasteiger partial charge on any atom is 0.291 e. The fourth-order valence-electron chi connectivity index (χ4n) is 2.58. The maximum absolute atomic E-state index is 12.5. The normalized spacial score (nSPS) is 16.8. The van der Waals surface area contributed by atoms with Crippen LogP contribution in [0.5, 0.6) is 0 Å². The van der Waals surface area contributed by atoms with Crippen molar-refractivity contribution in [2.24, 2.45) is 5.92 Å². The van der Waals surface area contributed by atoms with Gasteiger partial charge in [0.2, 0.25) is 0 Å². The highest BCUT2D eigenvalue weighted by atomic mass is 35.5. The SMILES string of the molecule is CCCC(CC)Nc1c(Cl)cnn(CC2CCC2)c1=O. The van der Waals surface area contributed by atoms with Gasteiger partial charge < -0.3 is 5.32 Å². The van der Waals surface area contributed by atoms with Gasteiger partial charge in [-0.15, -0.1) is 0 Å². The van der Waals surface area contributed by atoms with Gasteiger partial charge in [-0.3, -0.25) is 4.79 Å². The molecular formula is C15H24ClN3O. The van der Waals surface area contributed by atoms with Crippen LogP contribution < -0.4 is 10.9 Å². The molecule has 2 rings (SSSR count). The smallest absolute Gasteiger partial charge is 0.291 e. The molecule has 112 valence electrons. The van der Waals surface area contributed by atoms with Gasteiger partial charge in [0.15, 0.2) is 0 Å². The third-order valence-corrected chi connectivity index (χ3v) is 4.42. The van der Waals surface area contributed by atoms with Crippen molar-refractivity contribution < 1.29 is 0 Å². The van der Waals surface area contributed by atoms with E-state index in [-0.39, 0.29) is 5.56 Å². The Kier molecular flexibility index (Phi) is 5.46. The van der Waals surface area contributed by atoms with Crippen molar-refractivity contribution in [3.8, 4) is 0 Å². The molecule has 4 nitrogen and oxygen atoms in total. The van der Waals surface area contributed by atoms with Crippen LogP contribution in [0.25, 0.3) is 0 Å². The van der Waals surface area contributed by atoms with Crippen molar-refractivity contribution in [2.75, 3.05) is 5.32 Å². The molecule has 0 amide bonds. The molecule has 0 bridgehead atoms. The first kappa shape index (κ1) is 15.4. The molecule has 1 fully saturated rings. The summed E-state index contributed by atoms with van der Waals surface area (Å²) < 4.78 is 1.57. The van der Waals surface area contributed by atoms with E-state index in [9.17, 15) is 4.79 Å². The molecule has 1 saturated carbocycles. The highest BCUT2D eigenvalue weighted by molar-refractivity contribution is 6.33. The lowest BCUT2D eigenvalue weighted by molar-refractivity contribution is 0.262. The van der Waals surface area contributed by atoms with E-state index >= 15 is 0 Å². The number of nitrogens with zero attached hydrogens (tertiary/aromatic N) is 2. The van der Waals surface area contributed by atoms with Gasteiger partial charge in [0.05, 0.1) is 11.2 Å². The number of hydrogen-bond acceptors (Lipinski definition) is 3. The number of rotatable bonds is 7. The van der Waals surface area contributed by atoms with E-state index in [1.54, 1.807) is 10.9 Å². The van der Waals surface area contributed by atoms with E-state index in [1.807, 2.05) is 0 Å². The second-order valence-corrected chi connectivity index (χ2v) is 6.10. The Hall–Kier alpha value is -1.03. The van der Waals surface area contributed by atoms with E-state index in [0.717, 1.165) is 25.8 Å². The number of aromatic nitrogens is 2. The summed E-state index contributed by atoms with van der Waals surface area (Å²) in [4.78, 5) is 12.5. The molecule has 0 radical (unpaired) electrons. The van der Waals surface area contributed by atoms with Crippen LogP contribution in [-0.4, -0.2) is 15.8 Å². The lowest BCUT2D eigenvalue weighted by atomic mass is 9.85. The molecule has 0 saturated heterocycles. The lowest BCUT2D eigenvalue weighted by Gasteiger charge is -2.25. The Labute approximate surface area is 125 Å². The van der Waals surface area contributed by atoms with Crippen molar-refractivity contribution in [3.63, 3.8) is 0 Å². The summed E-state index contributed by atoms with van der Waals surface area (Å²) in [5, 5.41) is 7.91. The molecule has 1 heterocycles. The van der Waals surface area contributed by atoms with Gasteiger partial charge in [-0.05, 0) is 31.6 Å². The monoisotopic (exact) mass is 297 g/mol. The minimum atomic E-state index is -0.0843. The first-order chi connectivity index (χ1) is 9.65. The number of halogens is 1. The molecule has 5 heteroatoms. The lowest BCUT2D eigenvalue weighted by Crippen LogP contribution is -2.32. The number of nitrogens with one attached hydrogen (secondary N) is 1. The molecule has 1 unspecified atom stereocenters. The zero-order valence-electron chi connectivity index (χ0n) is 12.4. The van der Waals surface area contributed by atoms with Crippen molar-refractivity contribution in [2.45, 2.75) is 65.0 Å². The largest absolute Gasteiger partial charge is 0.377 e. The van der Waals surface area contributed by atoms with Gasteiger partial charge in [-0.2, -0.15) is 5.10 Å². The van der Waals surface area contributed by atoms with E-state index in [1.165, 1.54) is 19.3 Å². The van der Waals surface area contributed by atoms with Crippen LogP contribution in [0.4, 0.5) is 5.69 Å². The van der Waals surface area contributed by atoms with Crippen LogP contribution >= 0.6 is 11.6 Å². The number of anilines is 1. The highest BCUT2D eigenvalue weighted by Gasteiger charge is 2.20. The average Bonchev–Trinajstić information content (AvgIpc) is 2.39. The van der Waals surface area contributed by atoms with E-state index in [0.29, 0.717) is 22.7 Å². The quantitative estimate of drug-likeness (QED) is 0.835. The van der Waals surface area contributed by atoms with E-state index in [2.05, 4.69) is 24.3 Å². The minimum Gasteiger partial charge on any atom is -0.377 e. The van der Waals surface area contributed by atoms with Gasteiger partial charge in [-0.1, -0.05) is 38.3 Å². The summed E-state index contributed by atoms with van der Waals surface area (Å²) in [5.41, 5.74) is 0.431. The van der Waals surface area contributed by atoms with Crippen LogP contribution in [-0.2, 0) is 6.54 Å². The summed E-state index contributed by atoms with van der Waals surface area (Å²) in [5.74, 6) is 0.604. The van der Waals surface area contributed by atoms with Crippen molar-refractivity contribution in [1.82, 2.24) is 9.78 Å². The first-order valence-electron chi connectivity index (χ1n) is 7.67. The molecule has 0 aromatic carbocycles. The van der Waals surface area contributed by atoms with Crippen molar-refractivity contribution >= 4 is 17.3 Å². The van der Waals surface area contributed by atoms with E-state index < -0.39 is 0 Å². The summed E-state index contributed by atoms with van der Waals surface area (Å²) in [6.07, 6.45) is 8.37. The topological polar surface area (TPSA) is 46.9 Å². The Balaban J connectivity index is 2.17. The fourth-order valence-corrected chi connectivity index (χ4v) is 2.76. The molecule has 1 atom stereocenters. The summed E-state index contributed by atoms with van der Waals surface area (Å²) >= 11 is 6.15. The van der Waals surface area contributed by atoms with Crippen LogP contribution in [0.15, 0.2) is 11.0 Å². The molecule has 1 aromatic rings. The standard InChI is InChI=1S/C15H24ClN3O/c1-3-6-12(4-2)18-14-13(16)9-17-19(15(14)20)10-11-7-5-8-11/h9,11-12,18H,3-8,10H2,1-2H3. The van der Waals surface area contributed by atoms with Gasteiger partial charge in [0.1, 0.15) is 5.69 Å². The predicted molar refractivity (Wildman–Crippen MR) is 83.5 cm³/mol. The molecule has 1 aliphatic rings. The molecule has 1 aliphatic carbocycles. The molecule has 0 aliphatic heterocycles. The van der Waals surface area contributed by atoms with Crippen LogP contribution in [0, 0.1) is 5.92 Å². The molecule has 1 aromatic heterocycles. The molecule has 0 spiro atoms. The van der Waals surface area contributed by atoms with Crippen LogP contribution in [0.1, 0.15) is 52.4 Å². The van der Waals surface area contributed by atoms with Gasteiger partial charge >= 0.3 is 0 Å². The zero-order valence-corrected chi connectivity index (χ0v) is 13.1. The van der Waals surface area contributed by atoms with Gasteiger partial charge in [0, 0.05) is 12.6 Å². The third kappa shape index (κ3) is 3.54. The Bertz CT molecular complexity index is 496. The average molecular weight is 298 g/mol. The van der Waals surface area contributed by atoms with Crippen LogP contribution in [0.2, 0.25) is 5.02 Å². The third-order valence-electron chi connectivity index (χ3n) is 4.13. The van der Waals surface area contributed by atoms with Crippen molar-refractivity contribution in [1.29, 1.82) is 0 Å². The molecule has 20 heavy (non-hydrogen) atoms.